The Balaban J connectivity index is 1.33. The molecule has 0 aromatic heterocycles. The number of aryl methyl sites for hydroxylation is 1. The second-order valence-corrected chi connectivity index (χ2v) is 7.78. The second-order valence-electron chi connectivity index (χ2n) is 7.78. The van der Waals surface area contributed by atoms with E-state index in [4.69, 9.17) is 0 Å². The van der Waals surface area contributed by atoms with E-state index in [1.54, 1.807) is 0 Å². The summed E-state index contributed by atoms with van der Waals surface area (Å²) >= 11 is 0. The Bertz CT molecular complexity index is 844. The van der Waals surface area contributed by atoms with E-state index in [2.05, 4.69) is 41.0 Å². The number of likely N-dealkylation sites (tertiary alicyclic amines) is 1. The molecule has 0 spiro atoms. The lowest BCUT2D eigenvalue weighted by molar-refractivity contribution is -0.141. The van der Waals surface area contributed by atoms with Crippen LogP contribution in [0, 0.1) is 12.8 Å². The van der Waals surface area contributed by atoms with E-state index < -0.39 is 0 Å². The van der Waals surface area contributed by atoms with Gasteiger partial charge in [-0.1, -0.05) is 48.5 Å². The van der Waals surface area contributed by atoms with Crippen LogP contribution < -0.4 is 4.90 Å². The van der Waals surface area contributed by atoms with Crippen molar-refractivity contribution >= 4 is 17.5 Å². The molecule has 0 N–H and O–H groups in total. The Hall–Kier alpha value is -2.66. The number of anilines is 1. The third-order valence-electron chi connectivity index (χ3n) is 5.83. The van der Waals surface area contributed by atoms with Crippen molar-refractivity contribution in [3.8, 4) is 0 Å². The van der Waals surface area contributed by atoms with E-state index in [0.29, 0.717) is 19.5 Å². The Kier molecular flexibility index (Phi) is 5.44. The first-order chi connectivity index (χ1) is 13.6. The van der Waals surface area contributed by atoms with Gasteiger partial charge in [0, 0.05) is 38.3 Å². The molecule has 2 aromatic rings. The number of hydrogen-bond acceptors (Lipinski definition) is 4. The van der Waals surface area contributed by atoms with Gasteiger partial charge in [-0.25, -0.2) is 0 Å². The van der Waals surface area contributed by atoms with Crippen LogP contribution >= 0.6 is 0 Å². The van der Waals surface area contributed by atoms with Gasteiger partial charge in [0.2, 0.25) is 11.8 Å². The molecule has 0 bridgehead atoms. The van der Waals surface area contributed by atoms with Crippen molar-refractivity contribution in [3.63, 3.8) is 0 Å². The zero-order valence-electron chi connectivity index (χ0n) is 16.4. The van der Waals surface area contributed by atoms with E-state index in [0.717, 1.165) is 31.7 Å². The van der Waals surface area contributed by atoms with Crippen LogP contribution in [0.25, 0.3) is 0 Å². The molecular weight excluding hydrogens is 350 g/mol. The minimum absolute atomic E-state index is 0.0183. The van der Waals surface area contributed by atoms with Crippen LogP contribution in [0.1, 0.15) is 17.5 Å². The van der Waals surface area contributed by atoms with Gasteiger partial charge in [-0.15, -0.1) is 0 Å². The van der Waals surface area contributed by atoms with Gasteiger partial charge in [0.25, 0.3) is 0 Å². The fourth-order valence-electron chi connectivity index (χ4n) is 4.21. The highest BCUT2D eigenvalue weighted by molar-refractivity contribution is 6.03. The Morgan fingerprint density at radius 1 is 0.893 bits per heavy atom. The maximum atomic E-state index is 12.8. The lowest BCUT2D eigenvalue weighted by atomic mass is 9.98. The average Bonchev–Trinajstić information content (AvgIpc) is 2.97. The molecule has 2 aliphatic rings. The van der Waals surface area contributed by atoms with Gasteiger partial charge in [0.15, 0.2) is 0 Å². The van der Waals surface area contributed by atoms with Gasteiger partial charge in [-0.3, -0.25) is 19.4 Å². The first-order valence-electron chi connectivity index (χ1n) is 10.0. The molecule has 2 fully saturated rings. The molecule has 4 rings (SSSR count). The van der Waals surface area contributed by atoms with E-state index in [1.807, 2.05) is 30.3 Å². The largest absolute Gasteiger partial charge is 0.369 e. The molecular formula is C23H27N3O2. The summed E-state index contributed by atoms with van der Waals surface area (Å²) in [5.41, 5.74) is 3.67. The first kappa shape index (κ1) is 18.7. The number of nitrogens with zero attached hydrogens (tertiary/aromatic N) is 3. The van der Waals surface area contributed by atoms with Gasteiger partial charge in [-0.2, -0.15) is 0 Å². The van der Waals surface area contributed by atoms with E-state index in [-0.39, 0.29) is 17.7 Å². The second kappa shape index (κ2) is 8.15. The number of amides is 2. The summed E-state index contributed by atoms with van der Waals surface area (Å²) in [5.74, 6) is -0.273. The lowest BCUT2D eigenvalue weighted by Gasteiger charge is -2.38. The van der Waals surface area contributed by atoms with Gasteiger partial charge in [0.1, 0.15) is 0 Å². The predicted molar refractivity (Wildman–Crippen MR) is 110 cm³/mol. The number of para-hydroxylation sites is 1. The van der Waals surface area contributed by atoms with E-state index >= 15 is 0 Å². The van der Waals surface area contributed by atoms with Gasteiger partial charge in [-0.05, 0) is 30.5 Å². The number of carbonyl (C=O) groups excluding carboxylic acids is 2. The number of carbonyl (C=O) groups is 2. The quantitative estimate of drug-likeness (QED) is 0.752. The number of hydrogen-bond donors (Lipinski definition) is 0. The van der Waals surface area contributed by atoms with E-state index in [1.165, 1.54) is 16.2 Å². The fourth-order valence-corrected chi connectivity index (χ4v) is 4.21. The minimum atomic E-state index is -0.219. The number of rotatable bonds is 5. The average molecular weight is 377 g/mol. The summed E-state index contributed by atoms with van der Waals surface area (Å²) in [6, 6.07) is 18.4. The standard InChI is InChI=1S/C23H27N3O2/c1-18-7-5-6-10-21(18)25-13-11-24(12-14-25)17-26-22(27)16-20(23(26)28)15-19-8-3-2-4-9-19/h2-10,20H,11-17H2,1H3. The highest BCUT2D eigenvalue weighted by atomic mass is 16.2. The van der Waals surface area contributed by atoms with Crippen molar-refractivity contribution in [3.05, 3.63) is 65.7 Å². The Morgan fingerprint density at radius 2 is 1.57 bits per heavy atom. The Labute approximate surface area is 166 Å². The molecule has 0 radical (unpaired) electrons. The normalized spacial score (nSPS) is 20.8. The summed E-state index contributed by atoms with van der Waals surface area (Å²) < 4.78 is 0. The molecule has 0 saturated carbocycles. The smallest absolute Gasteiger partial charge is 0.234 e. The maximum Gasteiger partial charge on any atom is 0.234 e. The maximum absolute atomic E-state index is 12.8. The highest BCUT2D eigenvalue weighted by Gasteiger charge is 2.39. The summed E-state index contributed by atoms with van der Waals surface area (Å²) in [5, 5.41) is 0. The molecule has 5 nitrogen and oxygen atoms in total. The summed E-state index contributed by atoms with van der Waals surface area (Å²) in [6.07, 6.45) is 0.972. The topological polar surface area (TPSA) is 43.9 Å². The molecule has 0 aliphatic carbocycles. The zero-order valence-corrected chi connectivity index (χ0v) is 16.4. The van der Waals surface area contributed by atoms with Crippen LogP contribution in [0.3, 0.4) is 0 Å². The summed E-state index contributed by atoms with van der Waals surface area (Å²) in [7, 11) is 0. The van der Waals surface area contributed by atoms with Crippen molar-refractivity contribution in [1.29, 1.82) is 0 Å². The van der Waals surface area contributed by atoms with Crippen LogP contribution in [0.4, 0.5) is 5.69 Å². The molecule has 2 aromatic carbocycles. The molecule has 1 atom stereocenters. The first-order valence-corrected chi connectivity index (χ1v) is 10.0. The third kappa shape index (κ3) is 3.94. The molecule has 1 unspecified atom stereocenters. The van der Waals surface area contributed by atoms with Gasteiger partial charge in [0.05, 0.1) is 12.6 Å². The van der Waals surface area contributed by atoms with E-state index in [9.17, 15) is 9.59 Å². The molecule has 2 saturated heterocycles. The van der Waals surface area contributed by atoms with Crippen molar-refractivity contribution in [2.75, 3.05) is 37.7 Å². The molecule has 146 valence electrons. The summed E-state index contributed by atoms with van der Waals surface area (Å²) in [4.78, 5) is 31.3. The van der Waals surface area contributed by atoms with Crippen LogP contribution in [0.5, 0.6) is 0 Å². The molecule has 28 heavy (non-hydrogen) atoms. The van der Waals surface area contributed by atoms with Gasteiger partial charge >= 0.3 is 0 Å². The van der Waals surface area contributed by atoms with Gasteiger partial charge < -0.3 is 4.90 Å². The van der Waals surface area contributed by atoms with Crippen molar-refractivity contribution in [1.82, 2.24) is 9.80 Å². The lowest BCUT2D eigenvalue weighted by Crippen LogP contribution is -2.51. The van der Waals surface area contributed by atoms with Crippen LogP contribution in [-0.2, 0) is 16.0 Å². The Morgan fingerprint density at radius 3 is 2.29 bits per heavy atom. The molecule has 2 heterocycles. The van der Waals surface area contributed by atoms with Crippen LogP contribution in [0.15, 0.2) is 54.6 Å². The highest BCUT2D eigenvalue weighted by Crippen LogP contribution is 2.25. The van der Waals surface area contributed by atoms with Crippen molar-refractivity contribution in [2.24, 2.45) is 5.92 Å². The number of imide groups is 1. The van der Waals surface area contributed by atoms with Crippen LogP contribution in [0.2, 0.25) is 0 Å². The molecule has 5 heteroatoms. The van der Waals surface area contributed by atoms with Crippen LogP contribution in [-0.4, -0.2) is 54.5 Å². The molecule has 2 aliphatic heterocycles. The summed E-state index contributed by atoms with van der Waals surface area (Å²) in [6.45, 7) is 6.09. The number of benzene rings is 2. The monoisotopic (exact) mass is 377 g/mol. The van der Waals surface area contributed by atoms with Crippen molar-refractivity contribution in [2.45, 2.75) is 19.8 Å². The SMILES string of the molecule is Cc1ccccc1N1CCN(CN2C(=O)CC(Cc3ccccc3)C2=O)CC1. The zero-order chi connectivity index (χ0) is 19.5. The minimum Gasteiger partial charge on any atom is -0.369 e. The number of piperazine rings is 1. The third-order valence-corrected chi connectivity index (χ3v) is 5.83. The predicted octanol–water partition coefficient (Wildman–Crippen LogP) is 2.69. The van der Waals surface area contributed by atoms with Crippen molar-refractivity contribution < 1.29 is 9.59 Å². The fraction of sp³-hybridized carbons (Fsp3) is 0.391. The molecule has 2 amide bonds.